The Morgan fingerprint density at radius 1 is 1.35 bits per heavy atom. The maximum atomic E-state index is 5.93. The van der Waals surface area contributed by atoms with Gasteiger partial charge in [0.05, 0.1) is 6.04 Å². The van der Waals surface area contributed by atoms with Gasteiger partial charge in [-0.1, -0.05) is 0 Å². The van der Waals surface area contributed by atoms with Crippen molar-refractivity contribution in [2.75, 3.05) is 37.6 Å². The molecule has 0 aromatic carbocycles. The van der Waals surface area contributed by atoms with Gasteiger partial charge in [0.2, 0.25) is 0 Å². The third kappa shape index (κ3) is 2.90. The lowest BCUT2D eigenvalue weighted by Gasteiger charge is -2.38. The van der Waals surface area contributed by atoms with E-state index in [1.807, 2.05) is 23.7 Å². The quantitative estimate of drug-likeness (QED) is 0.910. The van der Waals surface area contributed by atoms with E-state index in [2.05, 4.69) is 30.7 Å². The molecule has 1 aliphatic heterocycles. The minimum Gasteiger partial charge on any atom is -0.453 e. The van der Waals surface area contributed by atoms with Crippen molar-refractivity contribution in [2.24, 2.45) is 5.73 Å². The molecule has 2 N–H and O–H groups in total. The standard InChI is InChI=1S/C13H17BrN4OS/c14-12-2-1-11(19-12)10(9-15)17-4-6-18(7-5-17)13-16-3-8-20-13/h1-3,8,10H,4-7,9,15H2. The van der Waals surface area contributed by atoms with Gasteiger partial charge in [0, 0.05) is 44.3 Å². The summed E-state index contributed by atoms with van der Waals surface area (Å²) < 4.78 is 6.42. The highest BCUT2D eigenvalue weighted by atomic mass is 79.9. The van der Waals surface area contributed by atoms with Crippen molar-refractivity contribution in [3.8, 4) is 0 Å². The molecule has 2 aromatic heterocycles. The van der Waals surface area contributed by atoms with E-state index in [4.69, 9.17) is 10.2 Å². The van der Waals surface area contributed by atoms with Crippen molar-refractivity contribution in [1.82, 2.24) is 9.88 Å². The second kappa shape index (κ2) is 6.26. The van der Waals surface area contributed by atoms with Gasteiger partial charge in [-0.3, -0.25) is 4.90 Å². The number of thiazole rings is 1. The number of halogens is 1. The van der Waals surface area contributed by atoms with E-state index in [1.165, 1.54) is 0 Å². The van der Waals surface area contributed by atoms with Crippen LogP contribution in [0.4, 0.5) is 5.13 Å². The van der Waals surface area contributed by atoms with E-state index in [0.717, 1.165) is 41.7 Å². The molecule has 0 aliphatic carbocycles. The Labute approximate surface area is 130 Å². The minimum atomic E-state index is 0.153. The molecule has 0 saturated carbocycles. The van der Waals surface area contributed by atoms with Crippen molar-refractivity contribution in [3.05, 3.63) is 34.1 Å². The number of rotatable bonds is 4. The fraction of sp³-hybridized carbons (Fsp3) is 0.462. The van der Waals surface area contributed by atoms with E-state index >= 15 is 0 Å². The first-order valence-corrected chi connectivity index (χ1v) is 8.29. The summed E-state index contributed by atoms with van der Waals surface area (Å²) >= 11 is 5.04. The molecule has 108 valence electrons. The van der Waals surface area contributed by atoms with Gasteiger partial charge in [0.15, 0.2) is 9.80 Å². The van der Waals surface area contributed by atoms with Crippen LogP contribution in [0, 0.1) is 0 Å². The summed E-state index contributed by atoms with van der Waals surface area (Å²) in [6.45, 7) is 4.47. The van der Waals surface area contributed by atoms with Crippen LogP contribution in [0.5, 0.6) is 0 Å². The van der Waals surface area contributed by atoms with Gasteiger partial charge < -0.3 is 15.1 Å². The molecule has 0 bridgehead atoms. The summed E-state index contributed by atoms with van der Waals surface area (Å²) in [6, 6.07) is 4.07. The molecule has 3 rings (SSSR count). The molecule has 1 unspecified atom stereocenters. The highest BCUT2D eigenvalue weighted by Crippen LogP contribution is 2.27. The van der Waals surface area contributed by atoms with Gasteiger partial charge in [-0.05, 0) is 28.1 Å². The Bertz CT molecular complexity index is 536. The summed E-state index contributed by atoms with van der Waals surface area (Å²) in [5.41, 5.74) is 5.93. The van der Waals surface area contributed by atoms with E-state index < -0.39 is 0 Å². The summed E-state index contributed by atoms with van der Waals surface area (Å²) in [4.78, 5) is 9.08. The van der Waals surface area contributed by atoms with Gasteiger partial charge in [-0.2, -0.15) is 0 Å². The van der Waals surface area contributed by atoms with Crippen LogP contribution in [0.25, 0.3) is 0 Å². The van der Waals surface area contributed by atoms with Crippen LogP contribution >= 0.6 is 27.3 Å². The summed E-state index contributed by atoms with van der Waals surface area (Å²) in [6.07, 6.45) is 1.86. The lowest BCUT2D eigenvalue weighted by molar-refractivity contribution is 0.168. The minimum absolute atomic E-state index is 0.153. The van der Waals surface area contributed by atoms with Crippen LogP contribution in [0.3, 0.4) is 0 Å². The fourth-order valence-electron chi connectivity index (χ4n) is 2.55. The molecule has 3 heterocycles. The molecular formula is C13H17BrN4OS. The van der Waals surface area contributed by atoms with Gasteiger partial charge in [0.1, 0.15) is 5.76 Å². The molecule has 1 fully saturated rings. The van der Waals surface area contributed by atoms with Crippen LogP contribution in [0.15, 0.2) is 32.8 Å². The van der Waals surface area contributed by atoms with Crippen molar-refractivity contribution in [2.45, 2.75) is 6.04 Å². The first-order chi connectivity index (χ1) is 9.78. The van der Waals surface area contributed by atoms with Crippen LogP contribution < -0.4 is 10.6 Å². The van der Waals surface area contributed by atoms with Crippen LogP contribution in [0.2, 0.25) is 0 Å². The smallest absolute Gasteiger partial charge is 0.185 e. The number of aromatic nitrogens is 1. The first-order valence-electron chi connectivity index (χ1n) is 6.61. The zero-order valence-corrected chi connectivity index (χ0v) is 13.4. The number of hydrogen-bond acceptors (Lipinski definition) is 6. The van der Waals surface area contributed by atoms with Crippen LogP contribution in [-0.2, 0) is 0 Å². The van der Waals surface area contributed by atoms with Crippen molar-refractivity contribution < 1.29 is 4.42 Å². The number of nitrogens with two attached hydrogens (primary N) is 1. The maximum Gasteiger partial charge on any atom is 0.185 e. The van der Waals surface area contributed by atoms with Crippen molar-refractivity contribution in [1.29, 1.82) is 0 Å². The molecule has 2 aromatic rings. The Hall–Kier alpha value is -0.890. The lowest BCUT2D eigenvalue weighted by Crippen LogP contribution is -2.49. The predicted molar refractivity (Wildman–Crippen MR) is 84.1 cm³/mol. The monoisotopic (exact) mass is 356 g/mol. The van der Waals surface area contributed by atoms with Gasteiger partial charge in [-0.15, -0.1) is 11.3 Å². The van der Waals surface area contributed by atoms with Crippen LogP contribution in [0.1, 0.15) is 11.8 Å². The zero-order chi connectivity index (χ0) is 13.9. The number of hydrogen-bond donors (Lipinski definition) is 1. The zero-order valence-electron chi connectivity index (χ0n) is 11.0. The number of furan rings is 1. The van der Waals surface area contributed by atoms with Gasteiger partial charge in [-0.25, -0.2) is 4.98 Å². The molecule has 0 spiro atoms. The van der Waals surface area contributed by atoms with Crippen molar-refractivity contribution in [3.63, 3.8) is 0 Å². The molecule has 0 amide bonds. The highest BCUT2D eigenvalue weighted by Gasteiger charge is 2.26. The normalized spacial score (nSPS) is 18.4. The SMILES string of the molecule is NCC(c1ccc(Br)o1)N1CCN(c2nccs2)CC1. The Morgan fingerprint density at radius 2 is 2.15 bits per heavy atom. The number of anilines is 1. The molecule has 1 saturated heterocycles. The molecule has 0 radical (unpaired) electrons. The molecule has 20 heavy (non-hydrogen) atoms. The molecular weight excluding hydrogens is 340 g/mol. The van der Waals surface area contributed by atoms with Crippen LogP contribution in [-0.4, -0.2) is 42.6 Å². The maximum absolute atomic E-state index is 5.93. The first kappa shape index (κ1) is 14.1. The molecule has 7 heteroatoms. The van der Waals surface area contributed by atoms with E-state index in [0.29, 0.717) is 6.54 Å². The van der Waals surface area contributed by atoms with Crippen molar-refractivity contribution >= 4 is 32.4 Å². The average Bonchev–Trinajstić information content (AvgIpc) is 3.12. The largest absolute Gasteiger partial charge is 0.453 e. The topological polar surface area (TPSA) is 58.5 Å². The van der Waals surface area contributed by atoms with E-state index in [1.54, 1.807) is 11.3 Å². The second-order valence-corrected chi connectivity index (χ2v) is 6.39. The number of nitrogens with zero attached hydrogens (tertiary/aromatic N) is 3. The third-order valence-electron chi connectivity index (χ3n) is 3.59. The van der Waals surface area contributed by atoms with Gasteiger partial charge in [0.25, 0.3) is 0 Å². The molecule has 5 nitrogen and oxygen atoms in total. The van der Waals surface area contributed by atoms with Gasteiger partial charge >= 0.3 is 0 Å². The Morgan fingerprint density at radius 3 is 2.70 bits per heavy atom. The van der Waals surface area contributed by atoms with E-state index in [9.17, 15) is 0 Å². The predicted octanol–water partition coefficient (Wildman–Crippen LogP) is 2.32. The number of piperazine rings is 1. The molecule has 1 aliphatic rings. The summed E-state index contributed by atoms with van der Waals surface area (Å²) in [7, 11) is 0. The lowest BCUT2D eigenvalue weighted by atomic mass is 10.1. The Balaban J connectivity index is 1.64. The second-order valence-electron chi connectivity index (χ2n) is 4.73. The summed E-state index contributed by atoms with van der Waals surface area (Å²) in [5.74, 6) is 0.932. The van der Waals surface area contributed by atoms with E-state index in [-0.39, 0.29) is 6.04 Å². The molecule has 1 atom stereocenters. The fourth-order valence-corrected chi connectivity index (χ4v) is 3.57. The third-order valence-corrected chi connectivity index (χ3v) is 4.85. The highest BCUT2D eigenvalue weighted by molar-refractivity contribution is 9.10. The Kier molecular flexibility index (Phi) is 4.40. The average molecular weight is 357 g/mol. The summed E-state index contributed by atoms with van der Waals surface area (Å²) in [5, 5.41) is 3.12.